The minimum Gasteiger partial charge on any atom is -0.464 e. The second-order valence-corrected chi connectivity index (χ2v) is 6.82. The van der Waals surface area contributed by atoms with E-state index in [2.05, 4.69) is 23.5 Å². The molecule has 3 aromatic rings. The normalized spacial score (nSPS) is 14.0. The third-order valence-corrected chi connectivity index (χ3v) is 4.51. The molecule has 2 atom stereocenters. The SMILES string of the molecule is C[S@@](=O)C[C@H](NCc1coc2ccccc12)c1ccccc1. The number of furan rings is 1. The van der Waals surface area contributed by atoms with Crippen molar-refractivity contribution in [2.45, 2.75) is 12.6 Å². The van der Waals surface area contributed by atoms with Crippen LogP contribution in [0.4, 0.5) is 0 Å². The summed E-state index contributed by atoms with van der Waals surface area (Å²) in [5, 5.41) is 4.63. The van der Waals surface area contributed by atoms with E-state index >= 15 is 0 Å². The van der Waals surface area contributed by atoms with Crippen LogP contribution in [0.1, 0.15) is 17.2 Å². The maximum Gasteiger partial charge on any atom is 0.134 e. The number of fused-ring (bicyclic) bond motifs is 1. The van der Waals surface area contributed by atoms with Gasteiger partial charge in [0.15, 0.2) is 0 Å². The molecule has 114 valence electrons. The van der Waals surface area contributed by atoms with Gasteiger partial charge in [0.2, 0.25) is 0 Å². The van der Waals surface area contributed by atoms with Crippen molar-refractivity contribution in [1.29, 1.82) is 0 Å². The Labute approximate surface area is 132 Å². The van der Waals surface area contributed by atoms with Gasteiger partial charge in [-0.1, -0.05) is 48.5 Å². The highest BCUT2D eigenvalue weighted by atomic mass is 32.2. The quantitative estimate of drug-likeness (QED) is 0.755. The van der Waals surface area contributed by atoms with Crippen LogP contribution in [0.2, 0.25) is 0 Å². The molecule has 0 unspecified atom stereocenters. The largest absolute Gasteiger partial charge is 0.464 e. The Balaban J connectivity index is 1.78. The molecule has 0 aliphatic heterocycles. The molecule has 1 aromatic heterocycles. The number of para-hydroxylation sites is 1. The lowest BCUT2D eigenvalue weighted by Crippen LogP contribution is -2.25. The van der Waals surface area contributed by atoms with Crippen LogP contribution in [0.25, 0.3) is 11.0 Å². The molecule has 0 radical (unpaired) electrons. The van der Waals surface area contributed by atoms with E-state index in [1.807, 2.05) is 36.4 Å². The fraction of sp³-hybridized carbons (Fsp3) is 0.222. The van der Waals surface area contributed by atoms with Crippen molar-refractivity contribution in [3.63, 3.8) is 0 Å². The van der Waals surface area contributed by atoms with E-state index in [9.17, 15) is 4.21 Å². The molecule has 1 N–H and O–H groups in total. The predicted molar refractivity (Wildman–Crippen MR) is 91.2 cm³/mol. The van der Waals surface area contributed by atoms with Gasteiger partial charge in [0.1, 0.15) is 5.58 Å². The molecule has 2 aromatic carbocycles. The first-order valence-electron chi connectivity index (χ1n) is 7.27. The van der Waals surface area contributed by atoms with Crippen LogP contribution in [-0.4, -0.2) is 16.2 Å². The van der Waals surface area contributed by atoms with Gasteiger partial charge in [-0.3, -0.25) is 4.21 Å². The number of hydrogen-bond acceptors (Lipinski definition) is 3. The van der Waals surface area contributed by atoms with Crippen molar-refractivity contribution in [3.05, 3.63) is 72.0 Å². The average Bonchev–Trinajstić information content (AvgIpc) is 2.95. The number of rotatable bonds is 6. The van der Waals surface area contributed by atoms with Crippen molar-refractivity contribution in [1.82, 2.24) is 5.32 Å². The van der Waals surface area contributed by atoms with Crippen LogP contribution in [0.15, 0.2) is 65.3 Å². The summed E-state index contributed by atoms with van der Waals surface area (Å²) in [6, 6.07) is 18.2. The lowest BCUT2D eigenvalue weighted by molar-refractivity contribution is 0.562. The Morgan fingerprint density at radius 3 is 2.59 bits per heavy atom. The van der Waals surface area contributed by atoms with Gasteiger partial charge in [0.05, 0.1) is 6.26 Å². The Kier molecular flexibility index (Phi) is 4.71. The van der Waals surface area contributed by atoms with Crippen molar-refractivity contribution in [3.8, 4) is 0 Å². The molecule has 3 nitrogen and oxygen atoms in total. The molecular weight excluding hydrogens is 294 g/mol. The lowest BCUT2D eigenvalue weighted by atomic mass is 10.1. The van der Waals surface area contributed by atoms with Gasteiger partial charge in [-0.05, 0) is 11.6 Å². The van der Waals surface area contributed by atoms with Gasteiger partial charge in [-0.25, -0.2) is 0 Å². The third-order valence-electron chi connectivity index (χ3n) is 3.70. The second-order valence-electron chi connectivity index (χ2n) is 5.34. The molecule has 0 fully saturated rings. The van der Waals surface area contributed by atoms with Crippen molar-refractivity contribution < 1.29 is 8.63 Å². The molecular formula is C18H19NO2S. The van der Waals surface area contributed by atoms with E-state index in [4.69, 9.17) is 4.42 Å². The number of hydrogen-bond donors (Lipinski definition) is 1. The zero-order valence-corrected chi connectivity index (χ0v) is 13.3. The molecule has 0 spiro atoms. The van der Waals surface area contributed by atoms with E-state index in [1.165, 1.54) is 0 Å². The molecule has 0 bridgehead atoms. The highest BCUT2D eigenvalue weighted by Crippen LogP contribution is 2.22. The zero-order valence-electron chi connectivity index (χ0n) is 12.5. The summed E-state index contributed by atoms with van der Waals surface area (Å²) < 4.78 is 17.2. The average molecular weight is 313 g/mol. The van der Waals surface area contributed by atoms with Gasteiger partial charge in [0.25, 0.3) is 0 Å². The Hall–Kier alpha value is -1.91. The maximum absolute atomic E-state index is 11.7. The van der Waals surface area contributed by atoms with E-state index in [-0.39, 0.29) is 6.04 Å². The van der Waals surface area contributed by atoms with Crippen LogP contribution >= 0.6 is 0 Å². The van der Waals surface area contributed by atoms with Gasteiger partial charge in [0, 0.05) is 46.3 Å². The van der Waals surface area contributed by atoms with Crippen LogP contribution in [0, 0.1) is 0 Å². The summed E-state index contributed by atoms with van der Waals surface area (Å²) in [6.07, 6.45) is 3.54. The third kappa shape index (κ3) is 3.46. The smallest absolute Gasteiger partial charge is 0.134 e. The minimum atomic E-state index is -0.857. The fourth-order valence-corrected chi connectivity index (χ4v) is 3.38. The van der Waals surface area contributed by atoms with Gasteiger partial charge in [-0.2, -0.15) is 0 Å². The van der Waals surface area contributed by atoms with E-state index < -0.39 is 10.8 Å². The van der Waals surface area contributed by atoms with Crippen LogP contribution in [-0.2, 0) is 17.3 Å². The number of benzene rings is 2. The van der Waals surface area contributed by atoms with Gasteiger partial charge in [-0.15, -0.1) is 0 Å². The summed E-state index contributed by atoms with van der Waals surface area (Å²) in [4.78, 5) is 0. The molecule has 0 amide bonds. The summed E-state index contributed by atoms with van der Waals surface area (Å²) >= 11 is 0. The van der Waals surface area contributed by atoms with Crippen LogP contribution < -0.4 is 5.32 Å². The monoisotopic (exact) mass is 313 g/mol. The van der Waals surface area contributed by atoms with Gasteiger partial charge < -0.3 is 9.73 Å². The Bertz CT molecular complexity index is 767. The molecule has 0 aliphatic carbocycles. The predicted octanol–water partition coefficient (Wildman–Crippen LogP) is 3.64. The highest BCUT2D eigenvalue weighted by Gasteiger charge is 2.14. The number of nitrogens with one attached hydrogen (secondary N) is 1. The Morgan fingerprint density at radius 1 is 1.09 bits per heavy atom. The van der Waals surface area contributed by atoms with Crippen molar-refractivity contribution in [2.75, 3.05) is 12.0 Å². The second kappa shape index (κ2) is 6.90. The molecule has 0 aliphatic rings. The molecule has 22 heavy (non-hydrogen) atoms. The van der Waals surface area contributed by atoms with E-state index in [0.717, 1.165) is 22.1 Å². The fourth-order valence-electron chi connectivity index (χ4n) is 2.60. The standard InChI is InChI=1S/C18H19NO2S/c1-22(20)13-17(14-7-3-2-4-8-14)19-11-15-12-21-18-10-6-5-9-16(15)18/h2-10,12,17,19H,11,13H2,1H3/t17-,22+/m0/s1. The van der Waals surface area contributed by atoms with Gasteiger partial charge >= 0.3 is 0 Å². The lowest BCUT2D eigenvalue weighted by Gasteiger charge is -2.18. The molecule has 0 saturated carbocycles. The molecule has 1 heterocycles. The highest BCUT2D eigenvalue weighted by molar-refractivity contribution is 7.84. The molecule has 4 heteroatoms. The van der Waals surface area contributed by atoms with E-state index in [1.54, 1.807) is 12.5 Å². The Morgan fingerprint density at radius 2 is 1.82 bits per heavy atom. The summed E-state index contributed by atoms with van der Waals surface area (Å²) in [7, 11) is -0.857. The first-order chi connectivity index (χ1) is 10.7. The minimum absolute atomic E-state index is 0.0701. The van der Waals surface area contributed by atoms with E-state index in [0.29, 0.717) is 12.3 Å². The first kappa shape index (κ1) is 15.0. The first-order valence-corrected chi connectivity index (χ1v) is 9.00. The maximum atomic E-state index is 11.7. The van der Waals surface area contributed by atoms with Crippen LogP contribution in [0.3, 0.4) is 0 Å². The van der Waals surface area contributed by atoms with Crippen molar-refractivity contribution in [2.24, 2.45) is 0 Å². The zero-order chi connectivity index (χ0) is 15.4. The summed E-state index contributed by atoms with van der Waals surface area (Å²) in [5.74, 6) is 0.597. The van der Waals surface area contributed by atoms with Crippen LogP contribution in [0.5, 0.6) is 0 Å². The topological polar surface area (TPSA) is 42.2 Å². The summed E-state index contributed by atoms with van der Waals surface area (Å²) in [6.45, 7) is 0.688. The summed E-state index contributed by atoms with van der Waals surface area (Å²) in [5.41, 5.74) is 3.18. The molecule has 3 rings (SSSR count). The van der Waals surface area contributed by atoms with Crippen molar-refractivity contribution >= 4 is 21.8 Å². The molecule has 0 saturated heterocycles.